The van der Waals surface area contributed by atoms with Gasteiger partial charge < -0.3 is 10.4 Å². The van der Waals surface area contributed by atoms with Crippen molar-refractivity contribution >= 4 is 21.2 Å². The molecule has 2 aromatic rings. The molecule has 0 bridgehead atoms. The summed E-state index contributed by atoms with van der Waals surface area (Å²) in [6, 6.07) is 8.57. The van der Waals surface area contributed by atoms with E-state index in [1.807, 2.05) is 12.3 Å². The van der Waals surface area contributed by atoms with Crippen LogP contribution in [0.1, 0.15) is 30.2 Å². The molecule has 0 aliphatic heterocycles. The van der Waals surface area contributed by atoms with Gasteiger partial charge in [-0.25, -0.2) is 8.42 Å². The van der Waals surface area contributed by atoms with Crippen LogP contribution in [-0.4, -0.2) is 26.3 Å². The molecular formula is C15H19NO3S2. The molecule has 1 heterocycles. The average Bonchev–Trinajstić information content (AvgIpc) is 2.98. The summed E-state index contributed by atoms with van der Waals surface area (Å²) in [4.78, 5) is 0.262. The van der Waals surface area contributed by atoms with Crippen molar-refractivity contribution in [3.05, 3.63) is 52.2 Å². The van der Waals surface area contributed by atoms with Crippen LogP contribution in [-0.2, 0) is 9.84 Å². The predicted molar refractivity (Wildman–Crippen MR) is 85.2 cm³/mol. The molecule has 4 nitrogen and oxygen atoms in total. The van der Waals surface area contributed by atoms with E-state index in [1.54, 1.807) is 23.5 Å². The van der Waals surface area contributed by atoms with E-state index in [0.29, 0.717) is 12.1 Å². The highest BCUT2D eigenvalue weighted by molar-refractivity contribution is 7.90. The Balaban J connectivity index is 1.96. The van der Waals surface area contributed by atoms with E-state index in [0.717, 1.165) is 0 Å². The minimum Gasteiger partial charge on any atom is -0.387 e. The Bertz CT molecular complexity index is 663. The first kappa shape index (κ1) is 16.2. The molecule has 2 N–H and O–H groups in total. The topological polar surface area (TPSA) is 66.4 Å². The molecule has 0 fully saturated rings. The first-order valence-electron chi connectivity index (χ1n) is 6.61. The maximum atomic E-state index is 11.4. The lowest BCUT2D eigenvalue weighted by molar-refractivity contribution is 0.171. The normalized spacial score (nSPS) is 14.8. The molecule has 0 saturated heterocycles. The van der Waals surface area contributed by atoms with Crippen LogP contribution in [0.4, 0.5) is 0 Å². The summed E-state index contributed by atoms with van der Waals surface area (Å²) in [5.41, 5.74) is 1.90. The van der Waals surface area contributed by atoms with Crippen molar-refractivity contribution < 1.29 is 13.5 Å². The van der Waals surface area contributed by atoms with E-state index in [-0.39, 0.29) is 10.9 Å². The highest BCUT2D eigenvalue weighted by Gasteiger charge is 2.12. The van der Waals surface area contributed by atoms with Gasteiger partial charge in [0.25, 0.3) is 0 Å². The van der Waals surface area contributed by atoms with Gasteiger partial charge in [-0.2, -0.15) is 11.3 Å². The van der Waals surface area contributed by atoms with Crippen molar-refractivity contribution in [3.8, 4) is 0 Å². The Morgan fingerprint density at radius 3 is 2.38 bits per heavy atom. The van der Waals surface area contributed by atoms with Gasteiger partial charge in [0, 0.05) is 18.8 Å². The van der Waals surface area contributed by atoms with Gasteiger partial charge in [-0.05, 0) is 47.0 Å². The lowest BCUT2D eigenvalue weighted by Crippen LogP contribution is -2.24. The third-order valence-electron chi connectivity index (χ3n) is 3.35. The van der Waals surface area contributed by atoms with Crippen molar-refractivity contribution in [3.63, 3.8) is 0 Å². The second kappa shape index (κ2) is 6.70. The van der Waals surface area contributed by atoms with Gasteiger partial charge in [-0.15, -0.1) is 0 Å². The Morgan fingerprint density at radius 2 is 1.86 bits per heavy atom. The predicted octanol–water partition coefficient (Wildman–Crippen LogP) is 2.54. The fourth-order valence-electron chi connectivity index (χ4n) is 1.98. The summed E-state index contributed by atoms with van der Waals surface area (Å²) in [6.45, 7) is 2.46. The maximum absolute atomic E-state index is 11.4. The number of hydrogen-bond donors (Lipinski definition) is 2. The zero-order valence-electron chi connectivity index (χ0n) is 12.0. The van der Waals surface area contributed by atoms with E-state index in [9.17, 15) is 13.5 Å². The van der Waals surface area contributed by atoms with Crippen LogP contribution in [0.2, 0.25) is 0 Å². The van der Waals surface area contributed by atoms with Gasteiger partial charge in [0.05, 0.1) is 11.0 Å². The molecule has 2 unspecified atom stereocenters. The Kier molecular flexibility index (Phi) is 5.16. The molecule has 1 aromatic heterocycles. The zero-order valence-corrected chi connectivity index (χ0v) is 13.6. The Labute approximate surface area is 129 Å². The number of benzene rings is 1. The molecule has 0 saturated carbocycles. The largest absolute Gasteiger partial charge is 0.387 e. The number of thiophene rings is 1. The minimum atomic E-state index is -3.20. The molecule has 0 aliphatic carbocycles. The average molecular weight is 325 g/mol. The van der Waals surface area contributed by atoms with E-state index >= 15 is 0 Å². The Hall–Kier alpha value is -1.21. The second-order valence-electron chi connectivity index (χ2n) is 5.04. The molecule has 2 atom stereocenters. The number of nitrogens with one attached hydrogen (secondary N) is 1. The van der Waals surface area contributed by atoms with Crippen molar-refractivity contribution in [2.75, 3.05) is 12.8 Å². The van der Waals surface area contributed by atoms with Gasteiger partial charge in [0.1, 0.15) is 0 Å². The summed E-state index contributed by atoms with van der Waals surface area (Å²) < 4.78 is 22.8. The van der Waals surface area contributed by atoms with Gasteiger partial charge >= 0.3 is 0 Å². The first-order chi connectivity index (χ1) is 9.88. The molecule has 21 heavy (non-hydrogen) atoms. The third kappa shape index (κ3) is 4.38. The highest BCUT2D eigenvalue weighted by Crippen LogP contribution is 2.19. The molecule has 0 radical (unpaired) electrons. The van der Waals surface area contributed by atoms with E-state index in [1.165, 1.54) is 24.0 Å². The second-order valence-corrected chi connectivity index (χ2v) is 7.84. The molecule has 0 aliphatic rings. The lowest BCUT2D eigenvalue weighted by atomic mass is 10.1. The lowest BCUT2D eigenvalue weighted by Gasteiger charge is -2.17. The molecule has 6 heteroatoms. The zero-order chi connectivity index (χ0) is 15.5. The first-order valence-corrected chi connectivity index (χ1v) is 9.45. The fraction of sp³-hybridized carbons (Fsp3) is 0.333. The monoisotopic (exact) mass is 325 g/mol. The molecule has 0 spiro atoms. The Morgan fingerprint density at radius 1 is 1.19 bits per heavy atom. The van der Waals surface area contributed by atoms with Crippen LogP contribution in [0.3, 0.4) is 0 Å². The van der Waals surface area contributed by atoms with Gasteiger partial charge in [-0.1, -0.05) is 12.1 Å². The summed E-state index contributed by atoms with van der Waals surface area (Å²) in [5, 5.41) is 17.5. The van der Waals surface area contributed by atoms with Gasteiger partial charge in [0.2, 0.25) is 0 Å². The summed E-state index contributed by atoms with van der Waals surface area (Å²) in [6.07, 6.45) is 0.502. The number of sulfone groups is 1. The van der Waals surface area contributed by atoms with Gasteiger partial charge in [0.15, 0.2) is 9.84 Å². The highest BCUT2D eigenvalue weighted by atomic mass is 32.2. The number of aliphatic hydroxyl groups is 1. The molecular weight excluding hydrogens is 306 g/mol. The standard InChI is InChI=1S/C15H19NO3S2/c1-11(13-7-8-20-10-13)16-9-15(17)12-3-5-14(6-4-12)21(2,18)19/h3-8,10-11,15-17H,9H2,1-2H3. The fourth-order valence-corrected chi connectivity index (χ4v) is 3.37. The summed E-state index contributed by atoms with van der Waals surface area (Å²) >= 11 is 1.64. The minimum absolute atomic E-state index is 0.168. The number of rotatable bonds is 6. The SMILES string of the molecule is CC(NCC(O)c1ccc(S(C)(=O)=O)cc1)c1ccsc1. The van der Waals surface area contributed by atoms with Crippen molar-refractivity contribution in [2.45, 2.75) is 24.0 Å². The van der Waals surface area contributed by atoms with Crippen molar-refractivity contribution in [1.29, 1.82) is 0 Å². The number of aliphatic hydroxyl groups excluding tert-OH is 1. The van der Waals surface area contributed by atoms with Gasteiger partial charge in [-0.3, -0.25) is 0 Å². The van der Waals surface area contributed by atoms with Crippen molar-refractivity contribution in [2.24, 2.45) is 0 Å². The van der Waals surface area contributed by atoms with Crippen LogP contribution >= 0.6 is 11.3 Å². The van der Waals surface area contributed by atoms with E-state index in [4.69, 9.17) is 0 Å². The van der Waals surface area contributed by atoms with Crippen LogP contribution in [0.15, 0.2) is 46.0 Å². The van der Waals surface area contributed by atoms with Crippen molar-refractivity contribution in [1.82, 2.24) is 5.32 Å². The van der Waals surface area contributed by atoms with Crippen LogP contribution < -0.4 is 5.32 Å². The summed E-state index contributed by atoms with van der Waals surface area (Å²) in [5.74, 6) is 0. The molecule has 1 aromatic carbocycles. The summed E-state index contributed by atoms with van der Waals surface area (Å²) in [7, 11) is -3.20. The van der Waals surface area contributed by atoms with E-state index < -0.39 is 15.9 Å². The molecule has 114 valence electrons. The molecule has 2 rings (SSSR count). The van der Waals surface area contributed by atoms with Crippen LogP contribution in [0, 0.1) is 0 Å². The van der Waals surface area contributed by atoms with Crippen LogP contribution in [0.25, 0.3) is 0 Å². The quantitative estimate of drug-likeness (QED) is 0.856. The third-order valence-corrected chi connectivity index (χ3v) is 5.18. The molecule has 0 amide bonds. The van der Waals surface area contributed by atoms with E-state index in [2.05, 4.69) is 16.8 Å². The maximum Gasteiger partial charge on any atom is 0.175 e. The number of hydrogen-bond acceptors (Lipinski definition) is 5. The van der Waals surface area contributed by atoms with Crippen LogP contribution in [0.5, 0.6) is 0 Å². The smallest absolute Gasteiger partial charge is 0.175 e.